The van der Waals surface area contributed by atoms with Crippen molar-refractivity contribution in [1.82, 2.24) is 19.5 Å². The van der Waals surface area contributed by atoms with Crippen LogP contribution < -0.4 is 9.62 Å². The standard InChI is InChI=1S/C27H34N6O4S/c1-18-6-9-21(30-38(2,35)36)20(15-18)27(34)32-10-4-3-5-24(32)23-16-25-28-22(19-7-8-19)17-26(33(25)29-23)31-11-13-37-14-12-31/h6,9,15-17,19,24,30H,3-5,7-8,10-14H2,1-2H3/t24-/m0/s1. The lowest BCUT2D eigenvalue weighted by molar-refractivity contribution is 0.0606. The van der Waals surface area contributed by atoms with Gasteiger partial charge in [0.05, 0.1) is 42.5 Å². The van der Waals surface area contributed by atoms with Gasteiger partial charge in [-0.3, -0.25) is 9.52 Å². The maximum Gasteiger partial charge on any atom is 0.256 e. The maximum absolute atomic E-state index is 13.9. The molecular formula is C27H34N6O4S. The Morgan fingerprint density at radius 3 is 2.55 bits per heavy atom. The van der Waals surface area contributed by atoms with Gasteiger partial charge in [0.2, 0.25) is 10.0 Å². The van der Waals surface area contributed by atoms with Gasteiger partial charge >= 0.3 is 0 Å². The molecular weight excluding hydrogens is 504 g/mol. The molecule has 3 fully saturated rings. The smallest absolute Gasteiger partial charge is 0.256 e. The Labute approximate surface area is 223 Å². The summed E-state index contributed by atoms with van der Waals surface area (Å²) in [6.07, 6.45) is 6.09. The van der Waals surface area contributed by atoms with Crippen LogP contribution in [0.4, 0.5) is 11.5 Å². The summed E-state index contributed by atoms with van der Waals surface area (Å²) in [5, 5.41) is 5.02. The summed E-state index contributed by atoms with van der Waals surface area (Å²) in [4.78, 5) is 23.1. The van der Waals surface area contributed by atoms with E-state index in [2.05, 4.69) is 15.7 Å². The van der Waals surface area contributed by atoms with Crippen LogP contribution in [0.15, 0.2) is 30.3 Å². The van der Waals surface area contributed by atoms with Gasteiger partial charge in [-0.05, 0) is 51.2 Å². The quantitative estimate of drug-likeness (QED) is 0.512. The molecule has 2 saturated heterocycles. The minimum Gasteiger partial charge on any atom is -0.378 e. The minimum absolute atomic E-state index is 0.193. The fourth-order valence-corrected chi connectivity index (χ4v) is 6.10. The fourth-order valence-electron chi connectivity index (χ4n) is 5.52. The summed E-state index contributed by atoms with van der Waals surface area (Å²) < 4.78 is 34.0. The van der Waals surface area contributed by atoms with Crippen LogP contribution in [0.25, 0.3) is 5.65 Å². The minimum atomic E-state index is -3.54. The van der Waals surface area contributed by atoms with E-state index in [0.717, 1.165) is 79.9 Å². The number of morpholine rings is 1. The van der Waals surface area contributed by atoms with Crippen LogP contribution in [0, 0.1) is 6.92 Å². The molecule has 0 bridgehead atoms. The topological polar surface area (TPSA) is 109 Å². The van der Waals surface area contributed by atoms with E-state index in [9.17, 15) is 13.2 Å². The predicted octanol–water partition coefficient (Wildman–Crippen LogP) is 3.49. The third kappa shape index (κ3) is 5.09. The molecule has 202 valence electrons. The number of likely N-dealkylation sites (tertiary alicyclic amines) is 1. The van der Waals surface area contributed by atoms with Crippen molar-refractivity contribution in [3.63, 3.8) is 0 Å². The molecule has 1 N–H and O–H groups in total. The number of ether oxygens (including phenoxy) is 1. The van der Waals surface area contributed by atoms with Crippen LogP contribution >= 0.6 is 0 Å². The van der Waals surface area contributed by atoms with E-state index in [1.54, 1.807) is 18.2 Å². The van der Waals surface area contributed by atoms with Crippen LogP contribution in [-0.2, 0) is 14.8 Å². The van der Waals surface area contributed by atoms with E-state index in [0.29, 0.717) is 36.9 Å². The van der Waals surface area contributed by atoms with Crippen LogP contribution in [0.1, 0.15) is 71.4 Å². The Bertz CT molecular complexity index is 1480. The Hall–Kier alpha value is -3.18. The Kier molecular flexibility index (Phi) is 6.51. The number of sulfonamides is 1. The van der Waals surface area contributed by atoms with Crippen molar-refractivity contribution in [3.05, 3.63) is 52.8 Å². The monoisotopic (exact) mass is 538 g/mol. The second-order valence-corrected chi connectivity index (χ2v) is 12.4. The van der Waals surface area contributed by atoms with E-state index in [1.165, 1.54) is 0 Å². The maximum atomic E-state index is 13.9. The molecule has 0 radical (unpaired) electrons. The van der Waals surface area contributed by atoms with Crippen LogP contribution in [0.3, 0.4) is 0 Å². The van der Waals surface area contributed by atoms with Crippen molar-refractivity contribution >= 4 is 33.1 Å². The lowest BCUT2D eigenvalue weighted by Gasteiger charge is -2.35. The molecule has 4 heterocycles. The number of nitrogens with one attached hydrogen (secondary N) is 1. The van der Waals surface area contributed by atoms with Crippen molar-refractivity contribution in [2.75, 3.05) is 48.7 Å². The van der Waals surface area contributed by atoms with Gasteiger partial charge in [-0.2, -0.15) is 9.61 Å². The number of fused-ring (bicyclic) bond motifs is 1. The molecule has 2 aromatic heterocycles. The van der Waals surface area contributed by atoms with Gasteiger partial charge in [-0.15, -0.1) is 0 Å². The van der Waals surface area contributed by atoms with Crippen molar-refractivity contribution in [2.24, 2.45) is 0 Å². The lowest BCUT2D eigenvalue weighted by Crippen LogP contribution is -2.39. The Morgan fingerprint density at radius 1 is 1.03 bits per heavy atom. The number of benzene rings is 1. The second kappa shape index (κ2) is 9.85. The Morgan fingerprint density at radius 2 is 1.82 bits per heavy atom. The molecule has 11 heteroatoms. The number of carbonyl (C=O) groups is 1. The summed E-state index contributed by atoms with van der Waals surface area (Å²) in [6.45, 7) is 5.45. The van der Waals surface area contributed by atoms with Crippen molar-refractivity contribution in [2.45, 2.75) is 51.0 Å². The van der Waals surface area contributed by atoms with Gasteiger partial charge in [0.15, 0.2) is 5.65 Å². The second-order valence-electron chi connectivity index (χ2n) is 10.7. The molecule has 10 nitrogen and oxygen atoms in total. The molecule has 38 heavy (non-hydrogen) atoms. The van der Waals surface area contributed by atoms with Gasteiger partial charge in [0.25, 0.3) is 5.91 Å². The molecule has 1 aromatic carbocycles. The zero-order valence-electron chi connectivity index (χ0n) is 21.9. The molecule has 1 atom stereocenters. The van der Waals surface area contributed by atoms with Gasteiger partial charge < -0.3 is 14.5 Å². The summed E-state index contributed by atoms with van der Waals surface area (Å²) >= 11 is 0. The molecule has 3 aliphatic rings. The SMILES string of the molecule is Cc1ccc(NS(C)(=O)=O)c(C(=O)N2CCCC[C@H]2c2cc3nc(C4CC4)cc(N4CCOCC4)n3n2)c1. The van der Waals surface area contributed by atoms with E-state index >= 15 is 0 Å². The van der Waals surface area contributed by atoms with Crippen molar-refractivity contribution in [1.29, 1.82) is 0 Å². The van der Waals surface area contributed by atoms with Gasteiger partial charge in [-0.25, -0.2) is 13.4 Å². The molecule has 2 aliphatic heterocycles. The molecule has 3 aromatic rings. The number of aryl methyl sites for hydroxylation is 1. The Balaban J connectivity index is 1.38. The van der Waals surface area contributed by atoms with E-state index < -0.39 is 10.0 Å². The molecule has 1 amide bonds. The molecule has 0 spiro atoms. The zero-order chi connectivity index (χ0) is 26.4. The van der Waals surface area contributed by atoms with Gasteiger partial charge in [0, 0.05) is 43.4 Å². The number of aromatic nitrogens is 3. The molecule has 6 rings (SSSR count). The average Bonchev–Trinajstić information content (AvgIpc) is 3.67. The highest BCUT2D eigenvalue weighted by atomic mass is 32.2. The van der Waals surface area contributed by atoms with Gasteiger partial charge in [-0.1, -0.05) is 11.6 Å². The zero-order valence-corrected chi connectivity index (χ0v) is 22.7. The van der Waals surface area contributed by atoms with Crippen LogP contribution in [0.2, 0.25) is 0 Å². The third-order valence-corrected chi connectivity index (χ3v) is 8.17. The first kappa shape index (κ1) is 25.1. The number of nitrogens with zero attached hydrogens (tertiary/aromatic N) is 5. The first-order chi connectivity index (χ1) is 18.3. The number of anilines is 2. The van der Waals surface area contributed by atoms with Gasteiger partial charge in [0.1, 0.15) is 5.82 Å². The summed E-state index contributed by atoms with van der Waals surface area (Å²) in [5.41, 5.74) is 4.28. The summed E-state index contributed by atoms with van der Waals surface area (Å²) in [5.74, 6) is 1.34. The summed E-state index contributed by atoms with van der Waals surface area (Å²) in [6, 6.07) is 9.20. The molecule has 1 aliphatic carbocycles. The first-order valence-corrected chi connectivity index (χ1v) is 15.3. The number of hydrogen-bond donors (Lipinski definition) is 1. The van der Waals surface area contributed by atoms with E-state index in [1.807, 2.05) is 22.4 Å². The third-order valence-electron chi connectivity index (χ3n) is 7.58. The van der Waals surface area contributed by atoms with E-state index in [-0.39, 0.29) is 11.9 Å². The number of rotatable bonds is 6. The molecule has 1 saturated carbocycles. The highest BCUT2D eigenvalue weighted by Gasteiger charge is 2.33. The number of carbonyl (C=O) groups excluding carboxylic acids is 1. The fraction of sp³-hybridized carbons (Fsp3) is 0.519. The normalized spacial score (nSPS) is 20.6. The lowest BCUT2D eigenvalue weighted by atomic mass is 9.97. The van der Waals surface area contributed by atoms with Crippen LogP contribution in [0.5, 0.6) is 0 Å². The van der Waals surface area contributed by atoms with Crippen LogP contribution in [-0.4, -0.2) is 72.9 Å². The first-order valence-electron chi connectivity index (χ1n) is 13.4. The average molecular weight is 539 g/mol. The highest BCUT2D eigenvalue weighted by Crippen LogP contribution is 2.41. The van der Waals surface area contributed by atoms with Crippen molar-refractivity contribution in [3.8, 4) is 0 Å². The predicted molar refractivity (Wildman–Crippen MR) is 145 cm³/mol. The van der Waals surface area contributed by atoms with E-state index in [4.69, 9.17) is 14.8 Å². The molecule has 0 unspecified atom stereocenters. The largest absolute Gasteiger partial charge is 0.378 e. The highest BCUT2D eigenvalue weighted by molar-refractivity contribution is 7.92. The summed E-state index contributed by atoms with van der Waals surface area (Å²) in [7, 11) is -3.54. The number of hydrogen-bond acceptors (Lipinski definition) is 7. The van der Waals surface area contributed by atoms with Crippen molar-refractivity contribution < 1.29 is 17.9 Å². The number of piperidine rings is 1. The number of amides is 1.